The fraction of sp³-hybridized carbons (Fsp3) is 0.750. The summed E-state index contributed by atoms with van der Waals surface area (Å²) in [6, 6.07) is -0.601. The van der Waals surface area contributed by atoms with Gasteiger partial charge in [-0.3, -0.25) is 9.59 Å². The minimum Gasteiger partial charge on any atom is -0.368 e. The maximum Gasteiger partial charge on any atom is 0.240 e. The number of primary amides is 1. The highest BCUT2D eigenvalue weighted by atomic mass is 16.2. The molecular formula is C8H17N3O2. The Hall–Kier alpha value is -1.10. The summed E-state index contributed by atoms with van der Waals surface area (Å²) in [5.41, 5.74) is 10.2. The van der Waals surface area contributed by atoms with Gasteiger partial charge in [0.25, 0.3) is 0 Å². The molecule has 0 saturated carbocycles. The SMILES string of the molecule is CC(C)CC(NC(=O)CN)C(N)=O. The van der Waals surface area contributed by atoms with Gasteiger partial charge in [0, 0.05) is 0 Å². The first-order valence-electron chi connectivity index (χ1n) is 4.26. The van der Waals surface area contributed by atoms with Crippen LogP contribution >= 0.6 is 0 Å². The fourth-order valence-electron chi connectivity index (χ4n) is 0.971. The van der Waals surface area contributed by atoms with Crippen LogP contribution in [-0.2, 0) is 9.59 Å². The van der Waals surface area contributed by atoms with E-state index in [1.165, 1.54) is 0 Å². The van der Waals surface area contributed by atoms with Crippen molar-refractivity contribution in [2.24, 2.45) is 17.4 Å². The van der Waals surface area contributed by atoms with Gasteiger partial charge < -0.3 is 16.8 Å². The monoisotopic (exact) mass is 187 g/mol. The van der Waals surface area contributed by atoms with Crippen molar-refractivity contribution in [3.8, 4) is 0 Å². The van der Waals surface area contributed by atoms with E-state index in [1.807, 2.05) is 13.8 Å². The Labute approximate surface area is 77.8 Å². The van der Waals surface area contributed by atoms with Gasteiger partial charge >= 0.3 is 0 Å². The Bertz CT molecular complexity index is 192. The van der Waals surface area contributed by atoms with E-state index in [4.69, 9.17) is 11.5 Å². The summed E-state index contributed by atoms with van der Waals surface area (Å²) < 4.78 is 0. The highest BCUT2D eigenvalue weighted by Crippen LogP contribution is 2.03. The summed E-state index contributed by atoms with van der Waals surface area (Å²) in [7, 11) is 0. The highest BCUT2D eigenvalue weighted by molar-refractivity contribution is 5.87. The molecule has 76 valence electrons. The van der Waals surface area contributed by atoms with Crippen molar-refractivity contribution < 1.29 is 9.59 Å². The lowest BCUT2D eigenvalue weighted by atomic mass is 10.0. The Balaban J connectivity index is 4.10. The van der Waals surface area contributed by atoms with E-state index in [0.717, 1.165) is 0 Å². The van der Waals surface area contributed by atoms with Crippen molar-refractivity contribution in [3.05, 3.63) is 0 Å². The van der Waals surface area contributed by atoms with Gasteiger partial charge in [0.15, 0.2) is 0 Å². The number of hydrogen-bond donors (Lipinski definition) is 3. The second kappa shape index (κ2) is 5.53. The molecule has 0 aliphatic heterocycles. The molecule has 0 radical (unpaired) electrons. The number of nitrogens with two attached hydrogens (primary N) is 2. The Kier molecular flexibility index (Phi) is 5.06. The highest BCUT2D eigenvalue weighted by Gasteiger charge is 2.18. The maximum absolute atomic E-state index is 10.9. The summed E-state index contributed by atoms with van der Waals surface area (Å²) in [5, 5.41) is 2.46. The van der Waals surface area contributed by atoms with Crippen LogP contribution in [0.4, 0.5) is 0 Å². The number of carbonyl (C=O) groups is 2. The predicted octanol–water partition coefficient (Wildman–Crippen LogP) is -1.04. The molecule has 0 bridgehead atoms. The molecule has 0 saturated heterocycles. The molecule has 5 heteroatoms. The Morgan fingerprint density at radius 2 is 1.92 bits per heavy atom. The minimum atomic E-state index is -0.601. The first kappa shape index (κ1) is 11.9. The second-order valence-electron chi connectivity index (χ2n) is 3.36. The molecule has 0 aromatic heterocycles. The average molecular weight is 187 g/mol. The van der Waals surface area contributed by atoms with Gasteiger partial charge in [0.2, 0.25) is 11.8 Å². The van der Waals surface area contributed by atoms with Crippen molar-refractivity contribution in [1.82, 2.24) is 5.32 Å². The first-order valence-corrected chi connectivity index (χ1v) is 4.26. The summed E-state index contributed by atoms with van der Waals surface area (Å²) >= 11 is 0. The zero-order chi connectivity index (χ0) is 10.4. The van der Waals surface area contributed by atoms with Crippen LogP contribution < -0.4 is 16.8 Å². The van der Waals surface area contributed by atoms with Crippen LogP contribution in [0.15, 0.2) is 0 Å². The molecule has 0 aromatic rings. The average Bonchev–Trinajstić information content (AvgIpc) is 2.02. The minimum absolute atomic E-state index is 0.123. The van der Waals surface area contributed by atoms with Crippen LogP contribution in [0.3, 0.4) is 0 Å². The molecule has 0 aliphatic carbocycles. The third-order valence-electron chi connectivity index (χ3n) is 1.57. The van der Waals surface area contributed by atoms with Crippen molar-refractivity contribution in [2.45, 2.75) is 26.3 Å². The molecule has 0 heterocycles. The van der Waals surface area contributed by atoms with Crippen LogP contribution in [0, 0.1) is 5.92 Å². The van der Waals surface area contributed by atoms with E-state index in [2.05, 4.69) is 5.32 Å². The van der Waals surface area contributed by atoms with E-state index in [9.17, 15) is 9.59 Å². The second-order valence-corrected chi connectivity index (χ2v) is 3.36. The Morgan fingerprint density at radius 3 is 2.23 bits per heavy atom. The molecule has 5 nitrogen and oxygen atoms in total. The number of rotatable bonds is 5. The lowest BCUT2D eigenvalue weighted by Gasteiger charge is -2.16. The number of amides is 2. The molecule has 0 aromatic carbocycles. The van der Waals surface area contributed by atoms with Gasteiger partial charge in [0.05, 0.1) is 6.54 Å². The lowest BCUT2D eigenvalue weighted by molar-refractivity contribution is -0.126. The summed E-state index contributed by atoms with van der Waals surface area (Å²) in [4.78, 5) is 21.7. The third-order valence-corrected chi connectivity index (χ3v) is 1.57. The van der Waals surface area contributed by atoms with Crippen molar-refractivity contribution >= 4 is 11.8 Å². The number of hydrogen-bond acceptors (Lipinski definition) is 3. The van der Waals surface area contributed by atoms with Crippen LogP contribution in [0.1, 0.15) is 20.3 Å². The van der Waals surface area contributed by atoms with Gasteiger partial charge in [0.1, 0.15) is 6.04 Å². The van der Waals surface area contributed by atoms with Gasteiger partial charge in [-0.1, -0.05) is 13.8 Å². The molecule has 0 fully saturated rings. The van der Waals surface area contributed by atoms with Crippen LogP contribution in [0.5, 0.6) is 0 Å². The summed E-state index contributed by atoms with van der Waals surface area (Å²) in [6.07, 6.45) is 0.543. The van der Waals surface area contributed by atoms with E-state index in [-0.39, 0.29) is 12.5 Å². The number of nitrogens with one attached hydrogen (secondary N) is 1. The predicted molar refractivity (Wildman–Crippen MR) is 49.6 cm³/mol. The maximum atomic E-state index is 10.9. The molecule has 13 heavy (non-hydrogen) atoms. The molecule has 0 aliphatic rings. The van der Waals surface area contributed by atoms with E-state index in [1.54, 1.807) is 0 Å². The van der Waals surface area contributed by atoms with Gasteiger partial charge in [-0.05, 0) is 12.3 Å². The normalized spacial score (nSPS) is 12.6. The van der Waals surface area contributed by atoms with E-state index in [0.29, 0.717) is 12.3 Å². The van der Waals surface area contributed by atoms with Gasteiger partial charge in [-0.25, -0.2) is 0 Å². The molecule has 0 rings (SSSR count). The largest absolute Gasteiger partial charge is 0.368 e. The Morgan fingerprint density at radius 1 is 1.38 bits per heavy atom. The standard InChI is InChI=1S/C8H17N3O2/c1-5(2)3-6(8(10)13)11-7(12)4-9/h5-6H,3-4,9H2,1-2H3,(H2,10,13)(H,11,12). The van der Waals surface area contributed by atoms with Crippen molar-refractivity contribution in [2.75, 3.05) is 6.54 Å². The van der Waals surface area contributed by atoms with E-state index >= 15 is 0 Å². The lowest BCUT2D eigenvalue weighted by Crippen LogP contribution is -2.47. The van der Waals surface area contributed by atoms with Gasteiger partial charge in [-0.2, -0.15) is 0 Å². The molecule has 5 N–H and O–H groups in total. The smallest absolute Gasteiger partial charge is 0.240 e. The summed E-state index contributed by atoms with van der Waals surface area (Å²) in [5.74, 6) is -0.574. The topological polar surface area (TPSA) is 98.2 Å². The molecule has 1 atom stereocenters. The molecule has 0 spiro atoms. The van der Waals surface area contributed by atoms with Crippen LogP contribution in [-0.4, -0.2) is 24.4 Å². The van der Waals surface area contributed by atoms with E-state index < -0.39 is 11.9 Å². The zero-order valence-electron chi connectivity index (χ0n) is 8.04. The summed E-state index contributed by atoms with van der Waals surface area (Å²) in [6.45, 7) is 3.77. The molecular weight excluding hydrogens is 170 g/mol. The van der Waals surface area contributed by atoms with Crippen LogP contribution in [0.25, 0.3) is 0 Å². The van der Waals surface area contributed by atoms with Crippen LogP contribution in [0.2, 0.25) is 0 Å². The first-order chi connectivity index (χ1) is 5.97. The third kappa shape index (κ3) is 5.19. The molecule has 1 unspecified atom stereocenters. The fourth-order valence-corrected chi connectivity index (χ4v) is 0.971. The van der Waals surface area contributed by atoms with Crippen molar-refractivity contribution in [1.29, 1.82) is 0 Å². The zero-order valence-corrected chi connectivity index (χ0v) is 8.04. The van der Waals surface area contributed by atoms with Gasteiger partial charge in [-0.15, -0.1) is 0 Å². The molecule has 2 amide bonds. The van der Waals surface area contributed by atoms with Crippen molar-refractivity contribution in [3.63, 3.8) is 0 Å². The quantitative estimate of drug-likeness (QED) is 0.512. The number of carbonyl (C=O) groups excluding carboxylic acids is 2.